The van der Waals surface area contributed by atoms with Gasteiger partial charge in [-0.15, -0.1) is 11.3 Å². The zero-order valence-electron chi connectivity index (χ0n) is 14.8. The second-order valence-corrected chi connectivity index (χ2v) is 8.58. The Labute approximate surface area is 148 Å². The number of aryl methyl sites for hydroxylation is 1. The van der Waals surface area contributed by atoms with Crippen molar-refractivity contribution >= 4 is 23.2 Å². The highest BCUT2D eigenvalue weighted by Crippen LogP contribution is 2.33. The number of carbonyl (C=O) groups is 2. The SMILES string of the molecule is CN(C)C(=O)c1cc2c(s1)CC[C@H](C(=O)NCC1CCCCC1)C2. The molecule has 0 saturated heterocycles. The van der Waals surface area contributed by atoms with E-state index in [0.717, 1.165) is 30.7 Å². The number of thiophene rings is 1. The monoisotopic (exact) mass is 348 g/mol. The van der Waals surface area contributed by atoms with E-state index in [9.17, 15) is 9.59 Å². The van der Waals surface area contributed by atoms with Gasteiger partial charge >= 0.3 is 0 Å². The number of amides is 2. The average Bonchev–Trinajstić information content (AvgIpc) is 3.02. The van der Waals surface area contributed by atoms with Crippen LogP contribution in [0.3, 0.4) is 0 Å². The Balaban J connectivity index is 1.56. The largest absolute Gasteiger partial charge is 0.356 e. The lowest BCUT2D eigenvalue weighted by atomic mass is 9.86. The molecule has 1 heterocycles. The normalized spacial score (nSPS) is 21.2. The van der Waals surface area contributed by atoms with E-state index in [1.165, 1.54) is 42.5 Å². The average molecular weight is 349 g/mol. The molecule has 4 nitrogen and oxygen atoms in total. The van der Waals surface area contributed by atoms with Crippen LogP contribution in [-0.2, 0) is 17.6 Å². The molecular formula is C19H28N2O2S. The Morgan fingerprint density at radius 1 is 1.21 bits per heavy atom. The second-order valence-electron chi connectivity index (χ2n) is 7.45. The van der Waals surface area contributed by atoms with Crippen molar-refractivity contribution in [2.75, 3.05) is 20.6 Å². The number of nitrogens with one attached hydrogen (secondary N) is 1. The number of fused-ring (bicyclic) bond motifs is 1. The van der Waals surface area contributed by atoms with Crippen molar-refractivity contribution in [1.82, 2.24) is 10.2 Å². The molecule has 1 aromatic rings. The quantitative estimate of drug-likeness (QED) is 0.908. The van der Waals surface area contributed by atoms with Gasteiger partial charge in [0.05, 0.1) is 4.88 Å². The van der Waals surface area contributed by atoms with Gasteiger partial charge in [0.25, 0.3) is 5.91 Å². The lowest BCUT2D eigenvalue weighted by molar-refractivity contribution is -0.125. The lowest BCUT2D eigenvalue weighted by Gasteiger charge is -2.25. The fourth-order valence-electron chi connectivity index (χ4n) is 3.85. The zero-order chi connectivity index (χ0) is 17.1. The molecule has 1 aromatic heterocycles. The molecule has 0 radical (unpaired) electrons. The van der Waals surface area contributed by atoms with Crippen LogP contribution in [0.1, 0.15) is 58.6 Å². The smallest absolute Gasteiger partial charge is 0.263 e. The Hall–Kier alpha value is -1.36. The van der Waals surface area contributed by atoms with Gasteiger partial charge in [0.1, 0.15) is 0 Å². The predicted molar refractivity (Wildman–Crippen MR) is 97.4 cm³/mol. The van der Waals surface area contributed by atoms with Crippen molar-refractivity contribution < 1.29 is 9.59 Å². The fourth-order valence-corrected chi connectivity index (χ4v) is 5.08. The van der Waals surface area contributed by atoms with Crippen molar-refractivity contribution in [2.45, 2.75) is 51.4 Å². The molecule has 3 rings (SSSR count). The first-order chi connectivity index (χ1) is 11.5. The molecule has 0 aliphatic heterocycles. The van der Waals surface area contributed by atoms with Crippen molar-refractivity contribution in [3.8, 4) is 0 Å². The van der Waals surface area contributed by atoms with E-state index < -0.39 is 0 Å². The van der Waals surface area contributed by atoms with Gasteiger partial charge in [-0.1, -0.05) is 19.3 Å². The molecule has 132 valence electrons. The molecule has 1 saturated carbocycles. The molecular weight excluding hydrogens is 320 g/mol. The van der Waals surface area contributed by atoms with Crippen molar-refractivity contribution in [3.05, 3.63) is 21.4 Å². The van der Waals surface area contributed by atoms with Gasteiger partial charge in [0, 0.05) is 31.4 Å². The summed E-state index contributed by atoms with van der Waals surface area (Å²) < 4.78 is 0. The summed E-state index contributed by atoms with van der Waals surface area (Å²) in [6, 6.07) is 2.00. The van der Waals surface area contributed by atoms with E-state index in [4.69, 9.17) is 0 Å². The summed E-state index contributed by atoms with van der Waals surface area (Å²) in [5, 5.41) is 3.19. The highest BCUT2D eigenvalue weighted by Gasteiger charge is 2.28. The van der Waals surface area contributed by atoms with Gasteiger partial charge in [-0.25, -0.2) is 0 Å². The number of hydrogen-bond donors (Lipinski definition) is 1. The van der Waals surface area contributed by atoms with Crippen molar-refractivity contribution in [1.29, 1.82) is 0 Å². The van der Waals surface area contributed by atoms with Crippen LogP contribution in [0.15, 0.2) is 6.07 Å². The summed E-state index contributed by atoms with van der Waals surface area (Å²) in [6.07, 6.45) is 9.09. The predicted octanol–water partition coefficient (Wildman–Crippen LogP) is 3.25. The van der Waals surface area contributed by atoms with Gasteiger partial charge in [-0.05, 0) is 49.7 Å². The highest BCUT2D eigenvalue weighted by molar-refractivity contribution is 7.14. The van der Waals surface area contributed by atoms with Crippen LogP contribution in [0, 0.1) is 11.8 Å². The van der Waals surface area contributed by atoms with Crippen LogP contribution in [0.4, 0.5) is 0 Å². The summed E-state index contributed by atoms with van der Waals surface area (Å²) in [6.45, 7) is 0.843. The third-order valence-corrected chi connectivity index (χ3v) is 6.59. The third kappa shape index (κ3) is 4.00. The number of carbonyl (C=O) groups excluding carboxylic acids is 2. The third-order valence-electron chi connectivity index (χ3n) is 5.36. The van der Waals surface area contributed by atoms with Gasteiger partial charge in [0.15, 0.2) is 0 Å². The standard InChI is InChI=1S/C19H28N2O2S/c1-21(2)19(23)17-11-15-10-14(8-9-16(15)24-17)18(22)20-12-13-6-4-3-5-7-13/h11,13-14H,3-10,12H2,1-2H3,(H,20,22)/t14-/m0/s1. The minimum Gasteiger partial charge on any atom is -0.356 e. The zero-order valence-corrected chi connectivity index (χ0v) is 15.6. The molecule has 2 amide bonds. The van der Waals surface area contributed by atoms with Gasteiger partial charge < -0.3 is 10.2 Å². The van der Waals surface area contributed by atoms with E-state index in [-0.39, 0.29) is 17.7 Å². The van der Waals surface area contributed by atoms with Gasteiger partial charge in [0.2, 0.25) is 5.91 Å². The minimum atomic E-state index is 0.0627. The van der Waals surface area contributed by atoms with Crippen LogP contribution >= 0.6 is 11.3 Å². The van der Waals surface area contributed by atoms with Gasteiger partial charge in [-0.3, -0.25) is 9.59 Å². The summed E-state index contributed by atoms with van der Waals surface area (Å²) in [5.74, 6) is 1.01. The summed E-state index contributed by atoms with van der Waals surface area (Å²) in [4.78, 5) is 28.3. The number of hydrogen-bond acceptors (Lipinski definition) is 3. The summed E-state index contributed by atoms with van der Waals surface area (Å²) in [5.41, 5.74) is 1.20. The van der Waals surface area contributed by atoms with Crippen LogP contribution in [0.2, 0.25) is 0 Å². The van der Waals surface area contributed by atoms with Crippen LogP contribution in [-0.4, -0.2) is 37.4 Å². The highest BCUT2D eigenvalue weighted by atomic mass is 32.1. The molecule has 0 spiro atoms. The summed E-state index contributed by atoms with van der Waals surface area (Å²) in [7, 11) is 3.56. The van der Waals surface area contributed by atoms with Crippen LogP contribution in [0.5, 0.6) is 0 Å². The van der Waals surface area contributed by atoms with E-state index in [1.807, 2.05) is 6.07 Å². The van der Waals surface area contributed by atoms with E-state index in [1.54, 1.807) is 30.3 Å². The molecule has 5 heteroatoms. The molecule has 2 aliphatic rings. The molecule has 24 heavy (non-hydrogen) atoms. The van der Waals surface area contributed by atoms with E-state index in [2.05, 4.69) is 5.32 Å². The Morgan fingerprint density at radius 2 is 1.96 bits per heavy atom. The first-order valence-electron chi connectivity index (χ1n) is 9.15. The summed E-state index contributed by atoms with van der Waals surface area (Å²) >= 11 is 1.60. The van der Waals surface area contributed by atoms with Crippen LogP contribution < -0.4 is 5.32 Å². The second kappa shape index (κ2) is 7.68. The number of nitrogens with zero attached hydrogens (tertiary/aromatic N) is 1. The molecule has 2 aliphatic carbocycles. The van der Waals surface area contributed by atoms with Crippen LogP contribution in [0.25, 0.3) is 0 Å². The van der Waals surface area contributed by atoms with E-state index >= 15 is 0 Å². The fraction of sp³-hybridized carbons (Fsp3) is 0.684. The van der Waals surface area contributed by atoms with Crippen molar-refractivity contribution in [2.24, 2.45) is 11.8 Å². The Kier molecular flexibility index (Phi) is 5.59. The molecule has 0 unspecified atom stereocenters. The maximum atomic E-state index is 12.5. The minimum absolute atomic E-state index is 0.0627. The van der Waals surface area contributed by atoms with Gasteiger partial charge in [-0.2, -0.15) is 0 Å². The topological polar surface area (TPSA) is 49.4 Å². The maximum Gasteiger partial charge on any atom is 0.263 e. The Bertz CT molecular complexity index is 603. The molecule has 0 aromatic carbocycles. The van der Waals surface area contributed by atoms with Crippen molar-refractivity contribution in [3.63, 3.8) is 0 Å². The molecule has 0 bridgehead atoms. The Morgan fingerprint density at radius 3 is 2.67 bits per heavy atom. The molecule has 1 fully saturated rings. The maximum absolute atomic E-state index is 12.5. The first kappa shape index (κ1) is 17.5. The lowest BCUT2D eigenvalue weighted by Crippen LogP contribution is -2.37. The van der Waals surface area contributed by atoms with E-state index in [0.29, 0.717) is 5.92 Å². The molecule has 1 N–H and O–H groups in total. The molecule has 1 atom stereocenters. The number of rotatable bonds is 4. The first-order valence-corrected chi connectivity index (χ1v) is 9.97.